The van der Waals surface area contributed by atoms with E-state index in [0.717, 1.165) is 44.4 Å². The number of nitrogens with one attached hydrogen (secondary N) is 2. The number of nitrogens with zero attached hydrogens (tertiary/aromatic N) is 3. The van der Waals surface area contributed by atoms with Crippen molar-refractivity contribution in [2.24, 2.45) is 4.99 Å². The van der Waals surface area contributed by atoms with Gasteiger partial charge in [0.2, 0.25) is 5.88 Å². The second-order valence-electron chi connectivity index (χ2n) is 7.00. The van der Waals surface area contributed by atoms with E-state index in [1.54, 1.807) is 20.4 Å². The zero-order valence-electron chi connectivity index (χ0n) is 17.0. The van der Waals surface area contributed by atoms with Crippen LogP contribution in [0.15, 0.2) is 23.3 Å². The van der Waals surface area contributed by atoms with Crippen LogP contribution in [0.5, 0.6) is 5.88 Å². The molecule has 0 spiro atoms. The van der Waals surface area contributed by atoms with E-state index in [1.807, 2.05) is 12.1 Å². The van der Waals surface area contributed by atoms with Gasteiger partial charge in [-0.25, -0.2) is 4.98 Å². The fourth-order valence-electron chi connectivity index (χ4n) is 2.89. The number of hydrogen-bond donors (Lipinski definition) is 2. The van der Waals surface area contributed by atoms with Crippen LogP contribution < -0.4 is 15.4 Å². The molecule has 8 heteroatoms. The number of ether oxygens (including phenoxy) is 3. The summed E-state index contributed by atoms with van der Waals surface area (Å²) in [5.74, 6) is 1.37. The van der Waals surface area contributed by atoms with Gasteiger partial charge in [-0.1, -0.05) is 6.07 Å². The van der Waals surface area contributed by atoms with Crippen molar-refractivity contribution in [1.29, 1.82) is 0 Å². The Morgan fingerprint density at radius 2 is 2.07 bits per heavy atom. The van der Waals surface area contributed by atoms with Crippen molar-refractivity contribution in [2.75, 3.05) is 60.2 Å². The molecule has 0 radical (unpaired) electrons. The molecule has 8 nitrogen and oxygen atoms in total. The largest absolute Gasteiger partial charge is 0.475 e. The summed E-state index contributed by atoms with van der Waals surface area (Å²) in [5, 5.41) is 6.76. The first-order valence-corrected chi connectivity index (χ1v) is 9.40. The Bertz CT molecular complexity index is 588. The lowest BCUT2D eigenvalue weighted by Gasteiger charge is -2.41. The molecular formula is C19H33N5O3. The monoisotopic (exact) mass is 379 g/mol. The average molecular weight is 380 g/mol. The first-order chi connectivity index (χ1) is 13.1. The molecule has 152 valence electrons. The van der Waals surface area contributed by atoms with Crippen LogP contribution in [-0.2, 0) is 16.0 Å². The summed E-state index contributed by atoms with van der Waals surface area (Å²) in [5.41, 5.74) is 0.994. The molecule has 2 heterocycles. The summed E-state index contributed by atoms with van der Waals surface area (Å²) < 4.78 is 16.2. The van der Waals surface area contributed by atoms with Gasteiger partial charge < -0.3 is 24.8 Å². The van der Waals surface area contributed by atoms with E-state index < -0.39 is 0 Å². The minimum atomic E-state index is 0.0180. The van der Waals surface area contributed by atoms with E-state index in [1.165, 1.54) is 0 Å². The molecule has 1 aliphatic heterocycles. The lowest BCUT2D eigenvalue weighted by atomic mass is 10.0. The highest BCUT2D eigenvalue weighted by Crippen LogP contribution is 2.16. The van der Waals surface area contributed by atoms with E-state index in [4.69, 9.17) is 14.2 Å². The Kier molecular flexibility index (Phi) is 8.77. The van der Waals surface area contributed by atoms with Crippen LogP contribution in [0.4, 0.5) is 0 Å². The van der Waals surface area contributed by atoms with Crippen LogP contribution in [0.1, 0.15) is 19.4 Å². The van der Waals surface area contributed by atoms with Gasteiger partial charge in [0.25, 0.3) is 0 Å². The van der Waals surface area contributed by atoms with Crippen LogP contribution in [0.3, 0.4) is 0 Å². The molecule has 1 aromatic heterocycles. The summed E-state index contributed by atoms with van der Waals surface area (Å²) in [7, 11) is 3.43. The summed E-state index contributed by atoms with van der Waals surface area (Å²) in [6.07, 6.45) is 1.73. The smallest absolute Gasteiger partial charge is 0.218 e. The predicted molar refractivity (Wildman–Crippen MR) is 106 cm³/mol. The fourth-order valence-corrected chi connectivity index (χ4v) is 2.89. The number of methoxy groups -OCH3 is 1. The Morgan fingerprint density at radius 1 is 1.30 bits per heavy atom. The number of rotatable bonds is 9. The van der Waals surface area contributed by atoms with Gasteiger partial charge in [0.05, 0.1) is 19.8 Å². The minimum absolute atomic E-state index is 0.0180. The van der Waals surface area contributed by atoms with Crippen molar-refractivity contribution in [3.8, 4) is 5.88 Å². The summed E-state index contributed by atoms with van der Waals surface area (Å²) >= 11 is 0. The third kappa shape index (κ3) is 6.97. The van der Waals surface area contributed by atoms with Gasteiger partial charge in [-0.15, -0.1) is 0 Å². The molecule has 1 aromatic rings. The van der Waals surface area contributed by atoms with Gasteiger partial charge in [0.15, 0.2) is 5.96 Å². The minimum Gasteiger partial charge on any atom is -0.475 e. The van der Waals surface area contributed by atoms with Crippen LogP contribution in [-0.4, -0.2) is 81.6 Å². The molecular weight excluding hydrogens is 346 g/mol. The molecule has 0 atom stereocenters. The second-order valence-corrected chi connectivity index (χ2v) is 7.00. The number of hydrogen-bond acceptors (Lipinski definition) is 6. The van der Waals surface area contributed by atoms with Gasteiger partial charge >= 0.3 is 0 Å². The molecule has 1 aliphatic rings. The second kappa shape index (κ2) is 11.1. The molecule has 2 rings (SSSR count). The molecule has 0 unspecified atom stereocenters. The molecule has 0 amide bonds. The Morgan fingerprint density at radius 3 is 2.78 bits per heavy atom. The molecule has 1 saturated heterocycles. The average Bonchev–Trinajstić information content (AvgIpc) is 2.70. The van der Waals surface area contributed by atoms with Crippen molar-refractivity contribution in [3.05, 3.63) is 23.9 Å². The van der Waals surface area contributed by atoms with E-state index in [-0.39, 0.29) is 5.54 Å². The molecule has 1 fully saturated rings. The zero-order chi connectivity index (χ0) is 19.5. The fraction of sp³-hybridized carbons (Fsp3) is 0.684. The molecule has 2 N–H and O–H groups in total. The predicted octanol–water partition coefficient (Wildman–Crippen LogP) is 0.883. The Hall–Kier alpha value is -1.90. The summed E-state index contributed by atoms with van der Waals surface area (Å²) in [6.45, 7) is 10.3. The number of aromatic nitrogens is 1. The lowest BCUT2D eigenvalue weighted by molar-refractivity contribution is -0.00834. The van der Waals surface area contributed by atoms with Crippen LogP contribution in [0, 0.1) is 0 Å². The first kappa shape index (κ1) is 21.4. The highest BCUT2D eigenvalue weighted by Gasteiger charge is 2.28. The Balaban J connectivity index is 1.85. The Labute approximate surface area is 162 Å². The number of aliphatic imine (C=N–C) groups is 1. The lowest BCUT2D eigenvalue weighted by Crippen LogP contribution is -2.56. The van der Waals surface area contributed by atoms with Gasteiger partial charge in [0.1, 0.15) is 6.61 Å². The van der Waals surface area contributed by atoms with Crippen molar-refractivity contribution in [3.63, 3.8) is 0 Å². The van der Waals surface area contributed by atoms with Crippen LogP contribution >= 0.6 is 0 Å². The topological polar surface area (TPSA) is 80.2 Å². The van der Waals surface area contributed by atoms with E-state index >= 15 is 0 Å². The van der Waals surface area contributed by atoms with Crippen molar-refractivity contribution in [2.45, 2.75) is 25.9 Å². The maximum absolute atomic E-state index is 5.68. The van der Waals surface area contributed by atoms with Crippen LogP contribution in [0.25, 0.3) is 0 Å². The SMILES string of the molecule is CN=C(NCc1cccnc1OCCOC)NCC(C)(C)N1CCOCC1. The summed E-state index contributed by atoms with van der Waals surface area (Å²) in [4.78, 5) is 11.1. The number of morpholine rings is 1. The maximum atomic E-state index is 5.68. The van der Waals surface area contributed by atoms with E-state index in [9.17, 15) is 0 Å². The normalized spacial score (nSPS) is 16.2. The van der Waals surface area contributed by atoms with E-state index in [2.05, 4.69) is 39.4 Å². The van der Waals surface area contributed by atoms with Crippen molar-refractivity contribution in [1.82, 2.24) is 20.5 Å². The highest BCUT2D eigenvalue weighted by atomic mass is 16.5. The highest BCUT2D eigenvalue weighted by molar-refractivity contribution is 5.79. The molecule has 0 bridgehead atoms. The number of guanidine groups is 1. The third-order valence-corrected chi connectivity index (χ3v) is 4.60. The standard InChI is InChI=1S/C19H33N5O3/c1-19(2,24-8-10-26-11-9-24)15-23-18(20-3)22-14-16-6-5-7-21-17(16)27-13-12-25-4/h5-7H,8-15H2,1-4H3,(H2,20,22,23). The molecule has 27 heavy (non-hydrogen) atoms. The van der Waals surface area contributed by atoms with Gasteiger partial charge in [0, 0.05) is 57.6 Å². The first-order valence-electron chi connectivity index (χ1n) is 9.40. The maximum Gasteiger partial charge on any atom is 0.218 e. The van der Waals surface area contributed by atoms with Gasteiger partial charge in [-0.2, -0.15) is 0 Å². The van der Waals surface area contributed by atoms with Crippen molar-refractivity contribution >= 4 is 5.96 Å². The van der Waals surface area contributed by atoms with E-state index in [0.29, 0.717) is 25.6 Å². The molecule has 0 saturated carbocycles. The van der Waals surface area contributed by atoms with Gasteiger partial charge in [-0.05, 0) is 19.9 Å². The zero-order valence-corrected chi connectivity index (χ0v) is 17.0. The quantitative estimate of drug-likeness (QED) is 0.375. The third-order valence-electron chi connectivity index (χ3n) is 4.60. The number of pyridine rings is 1. The van der Waals surface area contributed by atoms with Gasteiger partial charge in [-0.3, -0.25) is 9.89 Å². The van der Waals surface area contributed by atoms with Crippen molar-refractivity contribution < 1.29 is 14.2 Å². The summed E-state index contributed by atoms with van der Waals surface area (Å²) in [6, 6.07) is 3.89. The molecule has 0 aliphatic carbocycles. The molecule has 0 aromatic carbocycles. The van der Waals surface area contributed by atoms with Crippen LogP contribution in [0.2, 0.25) is 0 Å².